The molecule has 13 N–H and O–H groups in total. The zero-order valence-electron chi connectivity index (χ0n) is 27.0. The predicted molar refractivity (Wildman–Crippen MR) is 159 cm³/mol. The van der Waals surface area contributed by atoms with Gasteiger partial charge in [0.2, 0.25) is 5.91 Å². The Morgan fingerprint density at radius 2 is 1.16 bits per heavy atom. The van der Waals surface area contributed by atoms with E-state index in [1.165, 1.54) is 0 Å². The third-order valence-corrected chi connectivity index (χ3v) is 8.21. The van der Waals surface area contributed by atoms with Gasteiger partial charge in [0.25, 0.3) is 0 Å². The molecule has 3 heterocycles. The summed E-state index contributed by atoms with van der Waals surface area (Å²) in [5.41, 5.74) is 0. The fraction of sp³-hybridized carbons (Fsp3) is 0.929. The molecule has 3 fully saturated rings. The maximum absolute atomic E-state index is 12.1. The summed E-state index contributed by atoms with van der Waals surface area (Å²) >= 11 is 0. The largest absolute Gasteiger partial charge is 0.394 e. The van der Waals surface area contributed by atoms with Crippen LogP contribution >= 0.6 is 0 Å². The first kappa shape index (κ1) is 41.5. The molecule has 21 nitrogen and oxygen atoms in total. The number of carbonyl (C=O) groups is 2. The molecule has 0 aromatic rings. The molecule has 0 spiro atoms. The Bertz CT molecular complexity index is 998. The highest BCUT2D eigenvalue weighted by Crippen LogP contribution is 2.31. The Morgan fingerprint density at radius 1 is 0.612 bits per heavy atom. The molecule has 21 heteroatoms. The zero-order valence-corrected chi connectivity index (χ0v) is 27.0. The first-order valence-electron chi connectivity index (χ1n) is 16.1. The topological polar surface area (TPSA) is 328 Å². The third kappa shape index (κ3) is 11.3. The fourth-order valence-electron chi connectivity index (χ4n) is 5.37. The normalized spacial score (nSPS) is 39.7. The van der Waals surface area contributed by atoms with Gasteiger partial charge >= 0.3 is 6.03 Å². The van der Waals surface area contributed by atoms with E-state index >= 15 is 0 Å². The summed E-state index contributed by atoms with van der Waals surface area (Å²) in [5.74, 6) is -0.0766. The number of nitrogens with one attached hydrogen (secondary N) is 3. The van der Waals surface area contributed by atoms with Crippen LogP contribution in [0.3, 0.4) is 0 Å². The minimum atomic E-state index is -1.89. The Morgan fingerprint density at radius 3 is 1.78 bits per heavy atom. The summed E-state index contributed by atoms with van der Waals surface area (Å²) in [6.07, 6.45) is -23.5. The molecule has 0 radical (unpaired) electrons. The average Bonchev–Trinajstić information content (AvgIpc) is 3.08. The maximum Gasteiger partial charge on any atom is 0.314 e. The van der Waals surface area contributed by atoms with Crippen LogP contribution in [-0.2, 0) is 33.2 Å². The van der Waals surface area contributed by atoms with Crippen molar-refractivity contribution in [3.8, 4) is 0 Å². The highest BCUT2D eigenvalue weighted by molar-refractivity contribution is 5.75. The van der Waals surface area contributed by atoms with Crippen LogP contribution in [0.4, 0.5) is 4.79 Å². The third-order valence-electron chi connectivity index (χ3n) is 8.21. The SMILES string of the molecule is CCNC(=O)CCCCNC(=O)NCCO[C@@H]1O[C@H](CO[C@H]2O[C@H](CO)[C@@H](O)[C@H](O)[C@@H]2O)[C@@H](O)[C@H](O[C@H]2O[C@H](CO)[C@@H](O)[C@H](O)[C@@H]2O)[C@@H]1O. The van der Waals surface area contributed by atoms with Gasteiger partial charge in [-0.05, 0) is 19.8 Å². The van der Waals surface area contributed by atoms with E-state index in [0.29, 0.717) is 32.4 Å². The van der Waals surface area contributed by atoms with Gasteiger partial charge in [0.15, 0.2) is 18.9 Å². The van der Waals surface area contributed by atoms with Gasteiger partial charge in [0.1, 0.15) is 73.2 Å². The molecule has 3 amide bonds. The summed E-state index contributed by atoms with van der Waals surface area (Å²) in [7, 11) is 0. The molecule has 0 saturated carbocycles. The lowest BCUT2D eigenvalue weighted by Gasteiger charge is -2.46. The number of hydrogen-bond acceptors (Lipinski definition) is 18. The smallest absolute Gasteiger partial charge is 0.314 e. The van der Waals surface area contributed by atoms with E-state index in [4.69, 9.17) is 28.4 Å². The molecule has 0 aliphatic carbocycles. The Hall–Kier alpha value is -1.90. The fourth-order valence-corrected chi connectivity index (χ4v) is 5.37. The van der Waals surface area contributed by atoms with Crippen molar-refractivity contribution in [2.45, 2.75) is 118 Å². The number of ether oxygens (including phenoxy) is 6. The molecule has 3 aliphatic rings. The van der Waals surface area contributed by atoms with E-state index in [2.05, 4.69) is 16.0 Å². The minimum absolute atomic E-state index is 0.0766. The van der Waals surface area contributed by atoms with E-state index in [0.717, 1.165) is 0 Å². The van der Waals surface area contributed by atoms with Gasteiger partial charge in [0.05, 0.1) is 26.4 Å². The summed E-state index contributed by atoms with van der Waals surface area (Å²) in [6.45, 7) is 0.214. The monoisotopic (exact) mass is 717 g/mol. The second-order valence-electron chi connectivity index (χ2n) is 11.8. The molecule has 3 rings (SSSR count). The second kappa shape index (κ2) is 20.2. The lowest BCUT2D eigenvalue weighted by molar-refractivity contribution is -0.365. The van der Waals surface area contributed by atoms with Crippen LogP contribution in [0.5, 0.6) is 0 Å². The Balaban J connectivity index is 1.61. The van der Waals surface area contributed by atoms with Crippen molar-refractivity contribution in [2.75, 3.05) is 46.1 Å². The summed E-state index contributed by atoms with van der Waals surface area (Å²) < 4.78 is 33.1. The van der Waals surface area contributed by atoms with Gasteiger partial charge in [-0.1, -0.05) is 0 Å². The van der Waals surface area contributed by atoms with Crippen molar-refractivity contribution < 1.29 is 89.1 Å². The van der Waals surface area contributed by atoms with Crippen LogP contribution in [0.15, 0.2) is 0 Å². The second-order valence-corrected chi connectivity index (χ2v) is 11.8. The molecule has 0 aromatic heterocycles. The molecule has 49 heavy (non-hydrogen) atoms. The highest BCUT2D eigenvalue weighted by atomic mass is 16.7. The average molecular weight is 718 g/mol. The number of rotatable bonds is 17. The lowest BCUT2D eigenvalue weighted by Crippen LogP contribution is -2.65. The predicted octanol–water partition coefficient (Wildman–Crippen LogP) is -6.94. The Kier molecular flexibility index (Phi) is 17.1. The molecular formula is C28H51N3O18. The minimum Gasteiger partial charge on any atom is -0.394 e. The maximum atomic E-state index is 12.1. The number of aliphatic hydroxyl groups is 10. The van der Waals surface area contributed by atoms with Crippen molar-refractivity contribution in [2.24, 2.45) is 0 Å². The molecule has 15 atom stereocenters. The van der Waals surface area contributed by atoms with Gasteiger partial charge in [-0.15, -0.1) is 0 Å². The number of unbranched alkanes of at least 4 members (excludes halogenated alkanes) is 1. The number of amides is 3. The van der Waals surface area contributed by atoms with Crippen LogP contribution < -0.4 is 16.0 Å². The first-order chi connectivity index (χ1) is 23.3. The van der Waals surface area contributed by atoms with Gasteiger partial charge in [0, 0.05) is 26.1 Å². The van der Waals surface area contributed by atoms with E-state index in [1.54, 1.807) is 0 Å². The molecule has 3 aliphatic heterocycles. The molecule has 3 saturated heterocycles. The first-order valence-corrected chi connectivity index (χ1v) is 16.1. The number of carbonyl (C=O) groups excluding carboxylic acids is 2. The van der Waals surface area contributed by atoms with Crippen LogP contribution in [-0.4, -0.2) is 201 Å². The van der Waals surface area contributed by atoms with Crippen LogP contribution in [0, 0.1) is 0 Å². The van der Waals surface area contributed by atoms with Crippen molar-refractivity contribution >= 4 is 11.9 Å². The molecule has 0 aromatic carbocycles. The van der Waals surface area contributed by atoms with Gasteiger partial charge < -0.3 is 95.4 Å². The highest BCUT2D eigenvalue weighted by Gasteiger charge is 2.52. The van der Waals surface area contributed by atoms with Crippen molar-refractivity contribution in [1.29, 1.82) is 0 Å². The quantitative estimate of drug-likeness (QED) is 0.0622. The van der Waals surface area contributed by atoms with Crippen LogP contribution in [0.2, 0.25) is 0 Å². The van der Waals surface area contributed by atoms with E-state index in [-0.39, 0.29) is 19.1 Å². The molecule has 0 unspecified atom stereocenters. The molecular weight excluding hydrogens is 666 g/mol. The van der Waals surface area contributed by atoms with E-state index < -0.39 is 118 Å². The summed E-state index contributed by atoms with van der Waals surface area (Å²) in [5, 5.41) is 110. The van der Waals surface area contributed by atoms with Crippen molar-refractivity contribution in [3.63, 3.8) is 0 Å². The molecule has 286 valence electrons. The number of aliphatic hydroxyl groups excluding tert-OH is 10. The van der Waals surface area contributed by atoms with E-state index in [9.17, 15) is 60.7 Å². The summed E-state index contributed by atoms with van der Waals surface area (Å²) in [6, 6.07) is -0.531. The lowest BCUT2D eigenvalue weighted by atomic mass is 9.96. The van der Waals surface area contributed by atoms with Crippen LogP contribution in [0.1, 0.15) is 26.2 Å². The van der Waals surface area contributed by atoms with E-state index in [1.807, 2.05) is 6.92 Å². The van der Waals surface area contributed by atoms with Crippen molar-refractivity contribution in [1.82, 2.24) is 16.0 Å². The zero-order chi connectivity index (χ0) is 36.2. The standard InChI is InChI=1S/C28H51N3O18/c1-2-29-15(34)5-3-4-6-30-28(43)31-7-8-44-26-23(42)24(49-27-22(41)20(39)17(36)13(10-33)47-27)18(37)14(48-26)11-45-25-21(40)19(38)16(35)12(9-32)46-25/h12-14,16-27,32-33,35-42H,2-11H2,1H3,(H,29,34)(H2,30,31,43)/t12-,13-,14-,16-,17-,18-,19+,20+,21+,22+,23+,24+,25+,26-,27-/m1/s1. The Labute approximate surface area is 281 Å². The van der Waals surface area contributed by atoms with Crippen LogP contribution in [0.25, 0.3) is 0 Å². The summed E-state index contributed by atoms with van der Waals surface area (Å²) in [4.78, 5) is 23.6. The number of urea groups is 1. The van der Waals surface area contributed by atoms with Gasteiger partial charge in [-0.3, -0.25) is 4.79 Å². The van der Waals surface area contributed by atoms with Gasteiger partial charge in [-0.2, -0.15) is 0 Å². The molecule has 0 bridgehead atoms. The number of hydrogen-bond donors (Lipinski definition) is 13. The van der Waals surface area contributed by atoms with Crippen molar-refractivity contribution in [3.05, 3.63) is 0 Å². The van der Waals surface area contributed by atoms with Gasteiger partial charge in [-0.25, -0.2) is 4.79 Å².